The highest BCUT2D eigenvalue weighted by atomic mass is 35.5. The summed E-state index contributed by atoms with van der Waals surface area (Å²) in [7, 11) is 2.12. The van der Waals surface area contributed by atoms with Gasteiger partial charge < -0.3 is 10.2 Å². The van der Waals surface area contributed by atoms with Crippen LogP contribution in [-0.2, 0) is 0 Å². The Labute approximate surface area is 123 Å². The molecule has 4 nitrogen and oxygen atoms in total. The number of piperidine rings is 1. The van der Waals surface area contributed by atoms with Crippen LogP contribution in [0.4, 0.5) is 4.39 Å². The van der Waals surface area contributed by atoms with Gasteiger partial charge in [0.15, 0.2) is 0 Å². The first-order chi connectivity index (χ1) is 9.56. The van der Waals surface area contributed by atoms with Gasteiger partial charge in [-0.2, -0.15) is 0 Å². The van der Waals surface area contributed by atoms with Crippen molar-refractivity contribution >= 4 is 17.5 Å². The van der Waals surface area contributed by atoms with Crippen molar-refractivity contribution < 1.29 is 9.18 Å². The largest absolute Gasteiger partial charge is 0.352 e. The van der Waals surface area contributed by atoms with E-state index in [0.717, 1.165) is 44.6 Å². The molecule has 20 heavy (non-hydrogen) atoms. The summed E-state index contributed by atoms with van der Waals surface area (Å²) in [5.74, 6) is -0.280. The van der Waals surface area contributed by atoms with Gasteiger partial charge in [-0.3, -0.25) is 4.79 Å². The Morgan fingerprint density at radius 2 is 2.25 bits per heavy atom. The maximum absolute atomic E-state index is 13.1. The second kappa shape index (κ2) is 6.99. The lowest BCUT2D eigenvalue weighted by Gasteiger charge is -2.28. The summed E-state index contributed by atoms with van der Waals surface area (Å²) in [6, 6.07) is 1.11. The quantitative estimate of drug-likeness (QED) is 0.868. The van der Waals surface area contributed by atoms with Gasteiger partial charge in [0.1, 0.15) is 11.0 Å². The molecule has 1 aliphatic rings. The van der Waals surface area contributed by atoms with Gasteiger partial charge in [0, 0.05) is 6.54 Å². The van der Waals surface area contributed by atoms with E-state index in [1.807, 2.05) is 0 Å². The Morgan fingerprint density at radius 1 is 1.55 bits per heavy atom. The Balaban J connectivity index is 1.79. The smallest absolute Gasteiger partial charge is 0.254 e. The highest BCUT2D eigenvalue weighted by Gasteiger charge is 2.17. The number of hydrogen-bond acceptors (Lipinski definition) is 3. The fraction of sp³-hybridized carbons (Fsp3) is 0.571. The fourth-order valence-corrected chi connectivity index (χ4v) is 2.61. The summed E-state index contributed by atoms with van der Waals surface area (Å²) in [4.78, 5) is 17.8. The van der Waals surface area contributed by atoms with Gasteiger partial charge in [-0.25, -0.2) is 9.37 Å². The van der Waals surface area contributed by atoms with Gasteiger partial charge in [-0.15, -0.1) is 0 Å². The average Bonchev–Trinajstić information content (AvgIpc) is 2.43. The Morgan fingerprint density at radius 3 is 2.95 bits per heavy atom. The number of halogens is 2. The Bertz CT molecular complexity index is 475. The van der Waals surface area contributed by atoms with E-state index >= 15 is 0 Å². The van der Waals surface area contributed by atoms with Crippen LogP contribution in [0.25, 0.3) is 0 Å². The Hall–Kier alpha value is -1.20. The molecule has 1 N–H and O–H groups in total. The second-order valence-corrected chi connectivity index (χ2v) is 5.64. The van der Waals surface area contributed by atoms with Crippen molar-refractivity contribution in [3.8, 4) is 0 Å². The molecule has 1 amide bonds. The minimum absolute atomic E-state index is 0.0307. The predicted octanol–water partition coefficient (Wildman–Crippen LogP) is 2.34. The molecule has 0 saturated carbocycles. The zero-order valence-electron chi connectivity index (χ0n) is 11.5. The van der Waals surface area contributed by atoms with Crippen molar-refractivity contribution in [1.82, 2.24) is 15.2 Å². The van der Waals surface area contributed by atoms with Gasteiger partial charge in [0.2, 0.25) is 0 Å². The van der Waals surface area contributed by atoms with Crippen molar-refractivity contribution in [3.05, 3.63) is 28.8 Å². The first kappa shape index (κ1) is 15.2. The van der Waals surface area contributed by atoms with Crippen molar-refractivity contribution in [1.29, 1.82) is 0 Å². The minimum Gasteiger partial charge on any atom is -0.352 e. The maximum atomic E-state index is 13.1. The van der Waals surface area contributed by atoms with Crippen molar-refractivity contribution in [2.45, 2.75) is 19.3 Å². The van der Waals surface area contributed by atoms with Crippen molar-refractivity contribution in [3.63, 3.8) is 0 Å². The molecule has 1 saturated heterocycles. The monoisotopic (exact) mass is 299 g/mol. The summed E-state index contributed by atoms with van der Waals surface area (Å²) in [5, 5.41) is 2.81. The fourth-order valence-electron chi connectivity index (χ4n) is 2.42. The number of carbonyl (C=O) groups excluding carboxylic acids is 1. The van der Waals surface area contributed by atoms with Gasteiger partial charge >= 0.3 is 0 Å². The van der Waals surface area contributed by atoms with Gasteiger partial charge in [-0.1, -0.05) is 11.6 Å². The van der Waals surface area contributed by atoms with E-state index in [4.69, 9.17) is 11.6 Å². The van der Waals surface area contributed by atoms with E-state index in [0.29, 0.717) is 12.5 Å². The molecule has 2 heterocycles. The number of likely N-dealkylation sites (tertiary alicyclic amines) is 1. The molecule has 0 radical (unpaired) electrons. The molecule has 6 heteroatoms. The molecule has 2 rings (SSSR count). The van der Waals surface area contributed by atoms with Crippen LogP contribution in [0.3, 0.4) is 0 Å². The lowest BCUT2D eigenvalue weighted by Crippen LogP contribution is -2.32. The van der Waals surface area contributed by atoms with Crippen molar-refractivity contribution in [2.75, 3.05) is 26.7 Å². The van der Waals surface area contributed by atoms with E-state index in [2.05, 4.69) is 22.2 Å². The molecule has 0 spiro atoms. The average molecular weight is 300 g/mol. The summed E-state index contributed by atoms with van der Waals surface area (Å²) >= 11 is 5.79. The van der Waals surface area contributed by atoms with E-state index in [1.165, 1.54) is 0 Å². The molecule has 110 valence electrons. The van der Waals surface area contributed by atoms with Crippen LogP contribution in [0.2, 0.25) is 5.15 Å². The highest BCUT2D eigenvalue weighted by Crippen LogP contribution is 2.19. The summed E-state index contributed by atoms with van der Waals surface area (Å²) < 4.78 is 13.1. The van der Waals surface area contributed by atoms with Crippen LogP contribution in [0.5, 0.6) is 0 Å². The minimum atomic E-state index is -0.560. The predicted molar refractivity (Wildman–Crippen MR) is 76.4 cm³/mol. The van der Waals surface area contributed by atoms with Crippen LogP contribution in [-0.4, -0.2) is 42.5 Å². The number of nitrogens with one attached hydrogen (secondary N) is 1. The SMILES string of the molecule is CN1CCC(CCNC(=O)c2cc(F)cnc2Cl)CC1. The number of aromatic nitrogens is 1. The lowest BCUT2D eigenvalue weighted by molar-refractivity contribution is 0.0948. The molecule has 1 fully saturated rings. The highest BCUT2D eigenvalue weighted by molar-refractivity contribution is 6.32. The lowest BCUT2D eigenvalue weighted by atomic mass is 9.94. The molecule has 0 unspecified atom stereocenters. The maximum Gasteiger partial charge on any atom is 0.254 e. The van der Waals surface area contributed by atoms with E-state index < -0.39 is 5.82 Å². The number of rotatable bonds is 4. The van der Waals surface area contributed by atoms with Gasteiger partial charge in [0.05, 0.1) is 11.8 Å². The van der Waals surface area contributed by atoms with E-state index in [1.54, 1.807) is 0 Å². The number of nitrogens with zero attached hydrogens (tertiary/aromatic N) is 2. The van der Waals surface area contributed by atoms with E-state index in [9.17, 15) is 9.18 Å². The third kappa shape index (κ3) is 4.15. The first-order valence-corrected chi connectivity index (χ1v) is 7.22. The van der Waals surface area contributed by atoms with Gasteiger partial charge in [0.25, 0.3) is 5.91 Å². The molecular weight excluding hydrogens is 281 g/mol. The van der Waals surface area contributed by atoms with Gasteiger partial charge in [-0.05, 0) is 51.4 Å². The van der Waals surface area contributed by atoms with Crippen LogP contribution in [0, 0.1) is 11.7 Å². The zero-order chi connectivity index (χ0) is 14.5. The van der Waals surface area contributed by atoms with Crippen molar-refractivity contribution in [2.24, 2.45) is 5.92 Å². The standard InChI is InChI=1S/C14H19ClFN3O/c1-19-6-3-10(4-7-19)2-5-17-14(20)12-8-11(16)9-18-13(12)15/h8-10H,2-7H2,1H3,(H,17,20). The summed E-state index contributed by atoms with van der Waals surface area (Å²) in [6.45, 7) is 2.80. The van der Waals surface area contributed by atoms with Crippen LogP contribution >= 0.6 is 11.6 Å². The molecule has 0 aliphatic carbocycles. The second-order valence-electron chi connectivity index (χ2n) is 5.28. The third-order valence-electron chi connectivity index (χ3n) is 3.73. The first-order valence-electron chi connectivity index (χ1n) is 6.84. The topological polar surface area (TPSA) is 45.2 Å². The number of hydrogen-bond donors (Lipinski definition) is 1. The molecule has 1 aliphatic heterocycles. The molecule has 0 bridgehead atoms. The molecule has 0 atom stereocenters. The summed E-state index contributed by atoms with van der Waals surface area (Å²) in [6.07, 6.45) is 4.26. The number of amides is 1. The molecule has 1 aromatic heterocycles. The molecule has 1 aromatic rings. The molecular formula is C14H19ClFN3O. The zero-order valence-corrected chi connectivity index (χ0v) is 12.3. The third-order valence-corrected chi connectivity index (χ3v) is 4.03. The molecule has 0 aromatic carbocycles. The Kier molecular flexibility index (Phi) is 5.31. The number of carbonyl (C=O) groups is 1. The van der Waals surface area contributed by atoms with Crippen LogP contribution < -0.4 is 5.32 Å². The van der Waals surface area contributed by atoms with Crippen LogP contribution in [0.1, 0.15) is 29.6 Å². The normalized spacial score (nSPS) is 17.1. The van der Waals surface area contributed by atoms with Crippen LogP contribution in [0.15, 0.2) is 12.3 Å². The number of pyridine rings is 1. The van der Waals surface area contributed by atoms with E-state index in [-0.39, 0.29) is 16.6 Å². The summed E-state index contributed by atoms with van der Waals surface area (Å²) in [5.41, 5.74) is 0.0926.